The molecule has 0 fully saturated rings. The summed E-state index contributed by atoms with van der Waals surface area (Å²) < 4.78 is 5.84. The van der Waals surface area contributed by atoms with E-state index in [0.717, 1.165) is 11.1 Å². The van der Waals surface area contributed by atoms with Crippen molar-refractivity contribution in [1.29, 1.82) is 0 Å². The lowest BCUT2D eigenvalue weighted by Crippen LogP contribution is -2.40. The molecule has 1 aliphatic heterocycles. The van der Waals surface area contributed by atoms with Crippen molar-refractivity contribution in [2.45, 2.75) is 12.2 Å². The molecule has 0 saturated carbocycles. The van der Waals surface area contributed by atoms with Gasteiger partial charge in [0.15, 0.2) is 0 Å². The van der Waals surface area contributed by atoms with Gasteiger partial charge in [0.1, 0.15) is 18.0 Å². The second-order valence-corrected chi connectivity index (χ2v) is 5.78. The third-order valence-electron chi connectivity index (χ3n) is 3.90. The van der Waals surface area contributed by atoms with Gasteiger partial charge in [-0.3, -0.25) is 0 Å². The van der Waals surface area contributed by atoms with Crippen molar-refractivity contribution in [1.82, 2.24) is 5.32 Å². The van der Waals surface area contributed by atoms with Gasteiger partial charge < -0.3 is 20.3 Å². The Labute approximate surface area is 134 Å². The predicted octanol–water partition coefficient (Wildman–Crippen LogP) is 2.05. The van der Waals surface area contributed by atoms with Crippen molar-refractivity contribution < 1.29 is 14.9 Å². The fourth-order valence-electron chi connectivity index (χ4n) is 2.86. The van der Waals surface area contributed by atoms with Gasteiger partial charge in [0.2, 0.25) is 0 Å². The topological polar surface area (TPSA) is 61.7 Å². The molecule has 1 unspecified atom stereocenters. The van der Waals surface area contributed by atoms with Crippen LogP contribution in [-0.2, 0) is 12.2 Å². The van der Waals surface area contributed by atoms with E-state index in [4.69, 9.17) is 21.4 Å². The number of para-hydroxylation sites is 1. The Balaban J connectivity index is 2.12. The van der Waals surface area contributed by atoms with Crippen molar-refractivity contribution in [2.24, 2.45) is 0 Å². The minimum atomic E-state index is -1.23. The maximum Gasteiger partial charge on any atom is 0.131 e. The molecule has 0 aliphatic carbocycles. The summed E-state index contributed by atoms with van der Waals surface area (Å²) in [5, 5.41) is 24.1. The summed E-state index contributed by atoms with van der Waals surface area (Å²) in [7, 11) is 0. The van der Waals surface area contributed by atoms with Crippen molar-refractivity contribution in [2.75, 3.05) is 19.7 Å². The number of rotatable bonds is 4. The molecule has 0 aromatic heterocycles. The smallest absolute Gasteiger partial charge is 0.131 e. The van der Waals surface area contributed by atoms with E-state index in [2.05, 4.69) is 5.32 Å². The standard InChI is InChI=1S/C17H18ClNO3/c18-13-5-6-14-12(9-13)10-22-16-4-2-1-3-15(16)17(14,21)11-19-7-8-20/h1-6,9,19-21H,7-8,10-11H2. The quantitative estimate of drug-likeness (QED) is 0.755. The summed E-state index contributed by atoms with van der Waals surface area (Å²) in [5.41, 5.74) is 1.10. The lowest BCUT2D eigenvalue weighted by molar-refractivity contribution is 0.0779. The number of aliphatic hydroxyl groups is 2. The molecular formula is C17H18ClNO3. The highest BCUT2D eigenvalue weighted by Crippen LogP contribution is 2.40. The first-order valence-electron chi connectivity index (χ1n) is 7.20. The fourth-order valence-corrected chi connectivity index (χ4v) is 3.05. The van der Waals surface area contributed by atoms with Gasteiger partial charge >= 0.3 is 0 Å². The van der Waals surface area contributed by atoms with Crippen LogP contribution in [0.1, 0.15) is 16.7 Å². The monoisotopic (exact) mass is 319 g/mol. The van der Waals surface area contributed by atoms with Crippen molar-refractivity contribution in [3.05, 3.63) is 64.2 Å². The maximum absolute atomic E-state index is 11.4. The van der Waals surface area contributed by atoms with Crippen molar-refractivity contribution in [3.8, 4) is 5.75 Å². The molecule has 0 saturated heterocycles. The zero-order chi connectivity index (χ0) is 15.6. The number of aliphatic hydroxyl groups excluding tert-OH is 1. The molecular weight excluding hydrogens is 302 g/mol. The summed E-state index contributed by atoms with van der Waals surface area (Å²) in [6, 6.07) is 12.9. The molecule has 22 heavy (non-hydrogen) atoms. The number of ether oxygens (including phenoxy) is 1. The van der Waals surface area contributed by atoms with Crippen LogP contribution in [0.5, 0.6) is 5.75 Å². The number of nitrogens with one attached hydrogen (secondary N) is 1. The van der Waals surface area contributed by atoms with Gasteiger partial charge in [0.25, 0.3) is 0 Å². The molecule has 3 rings (SSSR count). The number of benzene rings is 2. The average molecular weight is 320 g/mol. The average Bonchev–Trinajstić information content (AvgIpc) is 2.64. The Morgan fingerprint density at radius 2 is 2.00 bits per heavy atom. The molecule has 2 aromatic carbocycles. The molecule has 0 radical (unpaired) electrons. The van der Waals surface area contributed by atoms with E-state index in [-0.39, 0.29) is 13.2 Å². The molecule has 5 heteroatoms. The second-order valence-electron chi connectivity index (χ2n) is 5.35. The fraction of sp³-hybridized carbons (Fsp3) is 0.294. The minimum Gasteiger partial charge on any atom is -0.488 e. The van der Waals surface area contributed by atoms with Crippen LogP contribution in [-0.4, -0.2) is 29.9 Å². The number of fused-ring (bicyclic) bond motifs is 2. The van der Waals surface area contributed by atoms with Gasteiger partial charge in [-0.25, -0.2) is 0 Å². The van der Waals surface area contributed by atoms with Crippen LogP contribution in [0.3, 0.4) is 0 Å². The van der Waals surface area contributed by atoms with Crippen LogP contribution in [0, 0.1) is 0 Å². The molecule has 3 N–H and O–H groups in total. The third kappa shape index (κ3) is 2.71. The maximum atomic E-state index is 11.4. The summed E-state index contributed by atoms with van der Waals surface area (Å²) in [6.45, 7) is 1.06. The minimum absolute atomic E-state index is 0.0156. The Kier molecular flexibility index (Phi) is 4.36. The molecule has 4 nitrogen and oxygen atoms in total. The SMILES string of the molecule is OCCNCC1(O)c2ccc(Cl)cc2COc2ccccc21. The number of hydrogen-bond donors (Lipinski definition) is 3. The predicted molar refractivity (Wildman–Crippen MR) is 85.2 cm³/mol. The van der Waals surface area contributed by atoms with E-state index < -0.39 is 5.60 Å². The lowest BCUT2D eigenvalue weighted by atomic mass is 9.83. The Morgan fingerprint density at radius 3 is 2.82 bits per heavy atom. The molecule has 1 heterocycles. The molecule has 0 amide bonds. The Bertz CT molecular complexity index is 677. The molecule has 2 aromatic rings. The van der Waals surface area contributed by atoms with Crippen LogP contribution in [0.2, 0.25) is 5.02 Å². The van der Waals surface area contributed by atoms with E-state index in [9.17, 15) is 5.11 Å². The van der Waals surface area contributed by atoms with Gasteiger partial charge in [0.05, 0.1) is 6.61 Å². The largest absolute Gasteiger partial charge is 0.488 e. The summed E-state index contributed by atoms with van der Waals surface area (Å²) in [5.74, 6) is 0.656. The lowest BCUT2D eigenvalue weighted by Gasteiger charge is -2.30. The van der Waals surface area contributed by atoms with E-state index in [1.165, 1.54) is 0 Å². The zero-order valence-electron chi connectivity index (χ0n) is 12.1. The highest BCUT2D eigenvalue weighted by atomic mass is 35.5. The van der Waals surface area contributed by atoms with Crippen LogP contribution in [0.15, 0.2) is 42.5 Å². The van der Waals surface area contributed by atoms with E-state index in [0.29, 0.717) is 29.5 Å². The van der Waals surface area contributed by atoms with E-state index in [1.807, 2.05) is 36.4 Å². The van der Waals surface area contributed by atoms with Crippen molar-refractivity contribution >= 4 is 11.6 Å². The highest BCUT2D eigenvalue weighted by Gasteiger charge is 2.37. The van der Waals surface area contributed by atoms with Crippen LogP contribution in [0.25, 0.3) is 0 Å². The summed E-state index contributed by atoms with van der Waals surface area (Å²) in [6.07, 6.45) is 0. The van der Waals surface area contributed by atoms with E-state index >= 15 is 0 Å². The van der Waals surface area contributed by atoms with Gasteiger partial charge in [-0.2, -0.15) is 0 Å². The van der Waals surface area contributed by atoms with Crippen LogP contribution >= 0.6 is 11.6 Å². The third-order valence-corrected chi connectivity index (χ3v) is 4.13. The van der Waals surface area contributed by atoms with Crippen LogP contribution in [0.4, 0.5) is 0 Å². The Morgan fingerprint density at radius 1 is 1.18 bits per heavy atom. The van der Waals surface area contributed by atoms with Gasteiger partial charge in [-0.15, -0.1) is 0 Å². The molecule has 1 aliphatic rings. The first-order valence-corrected chi connectivity index (χ1v) is 7.58. The molecule has 1 atom stereocenters. The highest BCUT2D eigenvalue weighted by molar-refractivity contribution is 6.30. The first-order chi connectivity index (χ1) is 10.6. The summed E-state index contributed by atoms with van der Waals surface area (Å²) >= 11 is 6.08. The Hall–Kier alpha value is -1.59. The van der Waals surface area contributed by atoms with E-state index in [1.54, 1.807) is 6.07 Å². The number of hydrogen-bond acceptors (Lipinski definition) is 4. The van der Waals surface area contributed by atoms with Crippen LogP contribution < -0.4 is 10.1 Å². The number of halogens is 1. The second kappa shape index (κ2) is 6.26. The summed E-state index contributed by atoms with van der Waals surface area (Å²) in [4.78, 5) is 0. The normalized spacial score (nSPS) is 19.8. The van der Waals surface area contributed by atoms with Crippen molar-refractivity contribution in [3.63, 3.8) is 0 Å². The first kappa shape index (κ1) is 15.3. The van der Waals surface area contributed by atoms with Gasteiger partial charge in [0, 0.05) is 23.7 Å². The van der Waals surface area contributed by atoms with Gasteiger partial charge in [-0.1, -0.05) is 35.9 Å². The molecule has 116 valence electrons. The zero-order valence-corrected chi connectivity index (χ0v) is 12.8. The molecule has 0 bridgehead atoms. The van der Waals surface area contributed by atoms with Gasteiger partial charge in [-0.05, 0) is 29.3 Å². The molecule has 0 spiro atoms.